The summed E-state index contributed by atoms with van der Waals surface area (Å²) in [5.74, 6) is 2.00. The fourth-order valence-corrected chi connectivity index (χ4v) is 7.44. The zero-order chi connectivity index (χ0) is 33.9. The van der Waals surface area contributed by atoms with Crippen molar-refractivity contribution in [1.29, 1.82) is 0 Å². The first-order chi connectivity index (χ1) is 23.4. The second-order valence-corrected chi connectivity index (χ2v) is 13.3. The average molecular weight is 664 g/mol. The van der Waals surface area contributed by atoms with Crippen LogP contribution in [0.5, 0.6) is 11.5 Å². The molecule has 10 nitrogen and oxygen atoms in total. The van der Waals surface area contributed by atoms with E-state index in [0.717, 1.165) is 43.2 Å². The van der Waals surface area contributed by atoms with Crippen LogP contribution in [-0.2, 0) is 16.0 Å². The van der Waals surface area contributed by atoms with Crippen molar-refractivity contribution in [1.82, 2.24) is 5.32 Å². The number of piperidine rings is 1. The van der Waals surface area contributed by atoms with E-state index in [1.807, 2.05) is 36.4 Å². The summed E-state index contributed by atoms with van der Waals surface area (Å²) >= 11 is 0. The van der Waals surface area contributed by atoms with Crippen LogP contribution in [0, 0.1) is 11.8 Å². The molecule has 2 fully saturated rings. The largest absolute Gasteiger partial charge is 0.497 e. The van der Waals surface area contributed by atoms with Gasteiger partial charge in [-0.05, 0) is 48.4 Å². The number of methoxy groups -OCH3 is 3. The van der Waals surface area contributed by atoms with Crippen LogP contribution in [0.25, 0.3) is 0 Å². The van der Waals surface area contributed by atoms with Crippen molar-refractivity contribution >= 4 is 11.4 Å². The van der Waals surface area contributed by atoms with Crippen LogP contribution in [0.15, 0.2) is 58.1 Å². The molecule has 1 saturated heterocycles. The Morgan fingerprint density at radius 1 is 0.896 bits per heavy atom. The monoisotopic (exact) mass is 663 g/mol. The highest BCUT2D eigenvalue weighted by Crippen LogP contribution is 2.36. The summed E-state index contributed by atoms with van der Waals surface area (Å²) < 4.78 is 22.4. The van der Waals surface area contributed by atoms with Gasteiger partial charge < -0.3 is 39.6 Å². The second-order valence-electron chi connectivity index (χ2n) is 13.3. The molecular formula is C38H53N3O7. The molecule has 0 bridgehead atoms. The van der Waals surface area contributed by atoms with E-state index in [9.17, 15) is 14.7 Å². The normalized spacial score (nSPS) is 19.2. The SMILES string of the molecule is COCCOC(c1ccccc1)C1CCCN(c2c(N[C@@H](CC3CCCCC3)[C@H](O)CNCc3cc(OC)cc(OC)c3)c(=O)c2=O)C1. The van der Waals surface area contributed by atoms with Crippen LogP contribution in [0.1, 0.15) is 68.6 Å². The minimum atomic E-state index is -0.776. The summed E-state index contributed by atoms with van der Waals surface area (Å²) in [6.07, 6.45) is 7.46. The van der Waals surface area contributed by atoms with Gasteiger partial charge in [-0.15, -0.1) is 0 Å². The molecule has 262 valence electrons. The maximum atomic E-state index is 13.2. The summed E-state index contributed by atoms with van der Waals surface area (Å²) in [6, 6.07) is 15.5. The Kier molecular flexibility index (Phi) is 13.3. The summed E-state index contributed by atoms with van der Waals surface area (Å²) in [4.78, 5) is 28.4. The zero-order valence-electron chi connectivity index (χ0n) is 28.7. The van der Waals surface area contributed by atoms with Crippen molar-refractivity contribution in [2.24, 2.45) is 11.8 Å². The Balaban J connectivity index is 1.30. The third kappa shape index (κ3) is 9.16. The van der Waals surface area contributed by atoms with Gasteiger partial charge in [0.25, 0.3) is 10.9 Å². The van der Waals surface area contributed by atoms with Crippen molar-refractivity contribution < 1.29 is 24.1 Å². The van der Waals surface area contributed by atoms with Gasteiger partial charge in [-0.1, -0.05) is 62.4 Å². The molecule has 0 spiro atoms. The molecule has 3 aromatic carbocycles. The molecule has 0 amide bonds. The van der Waals surface area contributed by atoms with E-state index in [1.165, 1.54) is 19.3 Å². The van der Waals surface area contributed by atoms with E-state index in [4.69, 9.17) is 18.9 Å². The molecule has 48 heavy (non-hydrogen) atoms. The Hall–Kier alpha value is -3.44. The van der Waals surface area contributed by atoms with Gasteiger partial charge in [0.1, 0.15) is 22.9 Å². The first kappa shape index (κ1) is 35.9. The molecule has 1 aliphatic heterocycles. The maximum Gasteiger partial charge on any atom is 0.253 e. The molecule has 1 aliphatic carbocycles. The minimum absolute atomic E-state index is 0.137. The molecule has 2 unspecified atom stereocenters. The van der Waals surface area contributed by atoms with E-state index >= 15 is 0 Å². The first-order valence-electron chi connectivity index (χ1n) is 17.5. The van der Waals surface area contributed by atoms with Crippen LogP contribution in [0.4, 0.5) is 11.4 Å². The smallest absolute Gasteiger partial charge is 0.253 e. The van der Waals surface area contributed by atoms with Gasteiger partial charge >= 0.3 is 0 Å². The third-order valence-electron chi connectivity index (χ3n) is 10.0. The van der Waals surface area contributed by atoms with E-state index < -0.39 is 17.0 Å². The van der Waals surface area contributed by atoms with Crippen molar-refractivity contribution in [3.05, 3.63) is 80.1 Å². The second kappa shape index (κ2) is 17.8. The lowest BCUT2D eigenvalue weighted by atomic mass is 9.83. The van der Waals surface area contributed by atoms with Crippen molar-refractivity contribution in [3.8, 4) is 11.5 Å². The molecule has 4 atom stereocenters. The van der Waals surface area contributed by atoms with E-state index in [0.29, 0.717) is 68.2 Å². The van der Waals surface area contributed by atoms with Gasteiger partial charge in [-0.25, -0.2) is 0 Å². The van der Waals surface area contributed by atoms with Gasteiger partial charge in [-0.2, -0.15) is 0 Å². The standard InChI is InChI=1S/C38H53N3O7/c1-45-17-18-48-38(28-13-8-5-9-14-28)29-15-10-16-41(25-29)35-34(36(43)37(35)44)40-32(21-26-11-6-4-7-12-26)33(42)24-39-23-27-19-30(46-2)22-31(20-27)47-3/h5,8-9,13-14,19-20,22,26,29,32-33,38-40,42H,4,6-7,10-12,15-18,21,23-25H2,1-3H3/t29?,32-,33+,38?/m0/s1. The number of rotatable bonds is 18. The Bertz CT molecular complexity index is 1460. The van der Waals surface area contributed by atoms with Gasteiger partial charge in [0.15, 0.2) is 0 Å². The number of hydrogen-bond donors (Lipinski definition) is 3. The molecule has 3 aromatic rings. The number of ether oxygens (including phenoxy) is 4. The van der Waals surface area contributed by atoms with Crippen LogP contribution in [0.3, 0.4) is 0 Å². The number of hydrogen-bond acceptors (Lipinski definition) is 10. The third-order valence-corrected chi connectivity index (χ3v) is 10.0. The van der Waals surface area contributed by atoms with Gasteiger partial charge in [-0.3, -0.25) is 9.59 Å². The molecule has 3 N–H and O–H groups in total. The Labute approximate surface area is 284 Å². The summed E-state index contributed by atoms with van der Waals surface area (Å²) in [5, 5.41) is 18.3. The summed E-state index contributed by atoms with van der Waals surface area (Å²) in [7, 11) is 4.90. The lowest BCUT2D eigenvalue weighted by molar-refractivity contribution is -0.0181. The van der Waals surface area contributed by atoms with E-state index in [1.54, 1.807) is 21.3 Å². The number of benzene rings is 2. The predicted molar refractivity (Wildman–Crippen MR) is 189 cm³/mol. The average Bonchev–Trinajstić information content (AvgIpc) is 3.13. The fourth-order valence-electron chi connectivity index (χ4n) is 7.44. The van der Waals surface area contributed by atoms with Crippen molar-refractivity contribution in [2.45, 2.75) is 76.2 Å². The number of nitrogens with zero attached hydrogens (tertiary/aromatic N) is 1. The molecule has 0 aromatic heterocycles. The summed E-state index contributed by atoms with van der Waals surface area (Å²) in [5.41, 5.74) is 1.91. The molecule has 1 heterocycles. The lowest BCUT2D eigenvalue weighted by Gasteiger charge is -2.40. The highest BCUT2D eigenvalue weighted by molar-refractivity contribution is 5.75. The highest BCUT2D eigenvalue weighted by atomic mass is 16.5. The lowest BCUT2D eigenvalue weighted by Crippen LogP contribution is -2.50. The number of aliphatic hydroxyl groups is 1. The Morgan fingerprint density at radius 3 is 2.31 bits per heavy atom. The van der Waals surface area contributed by atoms with Crippen LogP contribution in [0.2, 0.25) is 0 Å². The molecule has 0 radical (unpaired) electrons. The molecule has 1 saturated carbocycles. The Morgan fingerprint density at radius 2 is 1.62 bits per heavy atom. The first-order valence-corrected chi connectivity index (χ1v) is 17.5. The topological polar surface area (TPSA) is 119 Å². The minimum Gasteiger partial charge on any atom is -0.497 e. The van der Waals surface area contributed by atoms with Crippen LogP contribution >= 0.6 is 0 Å². The van der Waals surface area contributed by atoms with E-state index in [2.05, 4.69) is 27.7 Å². The van der Waals surface area contributed by atoms with Crippen LogP contribution in [-0.4, -0.2) is 71.4 Å². The molecule has 5 rings (SSSR count). The van der Waals surface area contributed by atoms with Crippen LogP contribution < -0.4 is 35.9 Å². The van der Waals surface area contributed by atoms with Gasteiger partial charge in [0, 0.05) is 45.3 Å². The summed E-state index contributed by atoms with van der Waals surface area (Å²) in [6.45, 7) is 3.09. The molecule has 2 aliphatic rings. The highest BCUT2D eigenvalue weighted by Gasteiger charge is 2.35. The van der Waals surface area contributed by atoms with Gasteiger partial charge in [0.05, 0.1) is 45.7 Å². The number of aliphatic hydroxyl groups excluding tert-OH is 1. The number of anilines is 2. The molecule has 10 heteroatoms. The molecular weight excluding hydrogens is 610 g/mol. The predicted octanol–water partition coefficient (Wildman–Crippen LogP) is 4.82. The number of nitrogens with one attached hydrogen (secondary N) is 2. The zero-order valence-corrected chi connectivity index (χ0v) is 28.7. The van der Waals surface area contributed by atoms with E-state index in [-0.39, 0.29) is 18.1 Å². The quantitative estimate of drug-likeness (QED) is 0.129. The fraction of sp³-hybridized carbons (Fsp3) is 0.579. The van der Waals surface area contributed by atoms with Gasteiger partial charge in [0.2, 0.25) is 0 Å². The maximum absolute atomic E-state index is 13.2. The van der Waals surface area contributed by atoms with Crippen molar-refractivity contribution in [2.75, 3.05) is 64.4 Å². The van der Waals surface area contributed by atoms with Crippen molar-refractivity contribution in [3.63, 3.8) is 0 Å².